The Morgan fingerprint density at radius 3 is 2.43 bits per heavy atom. The van der Waals surface area contributed by atoms with Crippen molar-refractivity contribution < 1.29 is 5.11 Å². The van der Waals surface area contributed by atoms with Crippen LogP contribution >= 0.6 is 11.6 Å². The van der Waals surface area contributed by atoms with Crippen molar-refractivity contribution >= 4 is 17.5 Å². The summed E-state index contributed by atoms with van der Waals surface area (Å²) in [7, 11) is 0. The monoisotopic (exact) mass is 209 g/mol. The molecule has 0 radical (unpaired) electrons. The number of H-pyrrole nitrogens is 1. The molecule has 72 valence electrons. The summed E-state index contributed by atoms with van der Waals surface area (Å²) in [6, 6.07) is 6.57. The van der Waals surface area contributed by atoms with Crippen molar-refractivity contribution in [2.24, 2.45) is 0 Å². The van der Waals surface area contributed by atoms with Crippen LogP contribution in [0.1, 0.15) is 0 Å². The molecule has 14 heavy (non-hydrogen) atoms. The first-order chi connectivity index (χ1) is 6.66. The van der Waals surface area contributed by atoms with Crippen LogP contribution in [0.25, 0.3) is 11.3 Å². The van der Waals surface area contributed by atoms with Gasteiger partial charge in [-0.3, -0.25) is 0 Å². The molecule has 0 aliphatic rings. The maximum Gasteiger partial charge on any atom is 0.199 e. The van der Waals surface area contributed by atoms with E-state index in [1.54, 1.807) is 24.3 Å². The Morgan fingerprint density at radius 1 is 1.29 bits per heavy atom. The molecule has 0 atom stereocenters. The second kappa shape index (κ2) is 3.23. The lowest BCUT2D eigenvalue weighted by molar-refractivity contribution is 0.475. The molecule has 0 aliphatic heterocycles. The second-order valence-corrected chi connectivity index (χ2v) is 3.21. The number of anilines is 1. The number of hydrogen-bond acceptors (Lipinski definition) is 3. The fraction of sp³-hybridized carbons (Fsp3) is 0. The molecule has 0 saturated heterocycles. The first-order valence-corrected chi connectivity index (χ1v) is 4.35. The number of halogens is 1. The molecule has 0 unspecified atom stereocenters. The molecular formula is C9H8ClN3O. The minimum atomic E-state index is 0.202. The molecule has 2 rings (SSSR count). The highest BCUT2D eigenvalue weighted by molar-refractivity contribution is 6.32. The molecule has 0 amide bonds. The highest BCUT2D eigenvalue weighted by Gasteiger charge is 2.08. The highest BCUT2D eigenvalue weighted by Crippen LogP contribution is 2.27. The van der Waals surface area contributed by atoms with E-state index in [-0.39, 0.29) is 11.7 Å². The van der Waals surface area contributed by atoms with Gasteiger partial charge in [-0.25, -0.2) is 4.98 Å². The van der Waals surface area contributed by atoms with Gasteiger partial charge in [0.25, 0.3) is 0 Å². The molecule has 1 heterocycles. The van der Waals surface area contributed by atoms with Crippen molar-refractivity contribution in [2.75, 3.05) is 5.73 Å². The Hall–Kier alpha value is -1.68. The zero-order valence-electron chi connectivity index (χ0n) is 7.16. The molecular weight excluding hydrogens is 202 g/mol. The number of nitrogens with two attached hydrogens (primary N) is 1. The van der Waals surface area contributed by atoms with E-state index < -0.39 is 0 Å². The number of rotatable bonds is 1. The quantitative estimate of drug-likeness (QED) is 0.673. The number of phenols is 1. The van der Waals surface area contributed by atoms with Gasteiger partial charge in [0.1, 0.15) is 16.6 Å². The van der Waals surface area contributed by atoms with E-state index in [2.05, 4.69) is 9.97 Å². The van der Waals surface area contributed by atoms with Crippen LogP contribution in [0.15, 0.2) is 24.3 Å². The van der Waals surface area contributed by atoms with Crippen LogP contribution in [-0.4, -0.2) is 15.1 Å². The van der Waals surface area contributed by atoms with Crippen LogP contribution in [0, 0.1) is 0 Å². The third-order valence-electron chi connectivity index (χ3n) is 1.82. The maximum atomic E-state index is 9.09. The minimum Gasteiger partial charge on any atom is -0.508 e. The van der Waals surface area contributed by atoms with Crippen LogP contribution in [-0.2, 0) is 0 Å². The molecule has 4 N–H and O–H groups in total. The van der Waals surface area contributed by atoms with E-state index in [1.165, 1.54) is 0 Å². The van der Waals surface area contributed by atoms with Crippen molar-refractivity contribution in [3.8, 4) is 17.0 Å². The number of aromatic hydroxyl groups is 1. The van der Waals surface area contributed by atoms with Gasteiger partial charge in [-0.15, -0.1) is 0 Å². The number of nitrogens with zero attached hydrogens (tertiary/aromatic N) is 1. The Balaban J connectivity index is 2.49. The number of imidazole rings is 1. The smallest absolute Gasteiger partial charge is 0.199 e. The number of phenolic OH excluding ortho intramolecular Hbond substituents is 1. The zero-order valence-corrected chi connectivity index (χ0v) is 7.92. The second-order valence-electron chi connectivity index (χ2n) is 2.83. The normalized spacial score (nSPS) is 10.4. The number of nitrogen functional groups attached to an aromatic ring is 1. The van der Waals surface area contributed by atoms with Crippen LogP contribution in [0.4, 0.5) is 5.95 Å². The van der Waals surface area contributed by atoms with Gasteiger partial charge in [0.2, 0.25) is 0 Å². The third-order valence-corrected chi connectivity index (χ3v) is 2.09. The third kappa shape index (κ3) is 1.52. The van der Waals surface area contributed by atoms with E-state index in [1.807, 2.05) is 0 Å². The predicted molar refractivity (Wildman–Crippen MR) is 55.1 cm³/mol. The van der Waals surface area contributed by atoms with Crippen molar-refractivity contribution in [1.82, 2.24) is 9.97 Å². The summed E-state index contributed by atoms with van der Waals surface area (Å²) in [5.41, 5.74) is 6.84. The van der Waals surface area contributed by atoms with Crippen molar-refractivity contribution in [3.63, 3.8) is 0 Å². The number of benzene rings is 1. The van der Waals surface area contributed by atoms with E-state index in [0.29, 0.717) is 10.8 Å². The highest BCUT2D eigenvalue weighted by atomic mass is 35.5. The summed E-state index contributed by atoms with van der Waals surface area (Å²) in [4.78, 5) is 6.71. The molecule has 1 aromatic heterocycles. The van der Waals surface area contributed by atoms with Gasteiger partial charge in [0.05, 0.1) is 0 Å². The summed E-state index contributed by atoms with van der Waals surface area (Å²) in [6.45, 7) is 0. The van der Waals surface area contributed by atoms with Crippen LogP contribution in [0.3, 0.4) is 0 Å². The van der Waals surface area contributed by atoms with Gasteiger partial charge in [-0.05, 0) is 24.3 Å². The van der Waals surface area contributed by atoms with Crippen molar-refractivity contribution in [3.05, 3.63) is 29.4 Å². The van der Waals surface area contributed by atoms with E-state index in [4.69, 9.17) is 22.4 Å². The molecule has 0 bridgehead atoms. The SMILES string of the molecule is Nc1nc(-c2ccc(O)cc2)c(Cl)[nH]1. The summed E-state index contributed by atoms with van der Waals surface area (Å²) in [5.74, 6) is 0.478. The fourth-order valence-electron chi connectivity index (χ4n) is 1.18. The number of aromatic nitrogens is 2. The molecule has 2 aromatic rings. The number of hydrogen-bond donors (Lipinski definition) is 3. The lowest BCUT2D eigenvalue weighted by Crippen LogP contribution is -1.85. The van der Waals surface area contributed by atoms with Crippen LogP contribution < -0.4 is 5.73 Å². The van der Waals surface area contributed by atoms with Gasteiger partial charge in [0, 0.05) is 5.56 Å². The van der Waals surface area contributed by atoms with Gasteiger partial charge >= 0.3 is 0 Å². The van der Waals surface area contributed by atoms with Crippen molar-refractivity contribution in [2.45, 2.75) is 0 Å². The average Bonchev–Trinajstić information content (AvgIpc) is 2.47. The molecule has 0 spiro atoms. The van der Waals surface area contributed by atoms with E-state index in [0.717, 1.165) is 5.56 Å². The summed E-state index contributed by atoms with van der Waals surface area (Å²) >= 11 is 5.86. The average molecular weight is 210 g/mol. The summed E-state index contributed by atoms with van der Waals surface area (Å²) in [6.07, 6.45) is 0. The zero-order chi connectivity index (χ0) is 10.1. The topological polar surface area (TPSA) is 74.9 Å². The van der Waals surface area contributed by atoms with Gasteiger partial charge in [-0.1, -0.05) is 11.6 Å². The maximum absolute atomic E-state index is 9.09. The first-order valence-electron chi connectivity index (χ1n) is 3.97. The lowest BCUT2D eigenvalue weighted by Gasteiger charge is -1.97. The minimum absolute atomic E-state index is 0.202. The molecule has 0 saturated carbocycles. The number of aromatic amines is 1. The molecule has 0 aliphatic carbocycles. The van der Waals surface area contributed by atoms with Gasteiger partial charge < -0.3 is 15.8 Å². The predicted octanol–water partition coefficient (Wildman–Crippen LogP) is 2.02. The molecule has 4 nitrogen and oxygen atoms in total. The van der Waals surface area contributed by atoms with Gasteiger partial charge in [0.15, 0.2) is 5.95 Å². The Labute approximate surface area is 85.4 Å². The van der Waals surface area contributed by atoms with Crippen molar-refractivity contribution in [1.29, 1.82) is 0 Å². The molecule has 1 aromatic carbocycles. The van der Waals surface area contributed by atoms with Gasteiger partial charge in [-0.2, -0.15) is 0 Å². The first kappa shape index (κ1) is 8.90. The lowest BCUT2D eigenvalue weighted by atomic mass is 10.2. The fourth-order valence-corrected chi connectivity index (χ4v) is 1.43. The standard InChI is InChI=1S/C9H8ClN3O/c10-8-7(12-9(11)13-8)5-1-3-6(14)4-2-5/h1-4,14H,(H3,11,12,13). The Bertz CT molecular complexity index is 450. The van der Waals surface area contributed by atoms with E-state index >= 15 is 0 Å². The van der Waals surface area contributed by atoms with Crippen LogP contribution in [0.5, 0.6) is 5.75 Å². The molecule has 0 fully saturated rings. The Kier molecular flexibility index (Phi) is 2.05. The largest absolute Gasteiger partial charge is 0.508 e. The molecule has 5 heteroatoms. The van der Waals surface area contributed by atoms with E-state index in [9.17, 15) is 0 Å². The summed E-state index contributed by atoms with van der Waals surface area (Å²) in [5, 5.41) is 9.49. The Morgan fingerprint density at radius 2 is 1.93 bits per heavy atom. The summed E-state index contributed by atoms with van der Waals surface area (Å²) < 4.78 is 0. The van der Waals surface area contributed by atoms with Crippen LogP contribution in [0.2, 0.25) is 5.15 Å². The number of nitrogens with one attached hydrogen (secondary N) is 1.